The zero-order valence-electron chi connectivity index (χ0n) is 12.9. The second-order valence-electron chi connectivity index (χ2n) is 5.59. The Morgan fingerprint density at radius 2 is 1.20 bits per heavy atom. The van der Waals surface area contributed by atoms with E-state index in [-0.39, 0.29) is 0 Å². The molecule has 2 N–H and O–H groups in total. The van der Waals surface area contributed by atoms with Crippen LogP contribution in [-0.2, 0) is 10.1 Å². The van der Waals surface area contributed by atoms with Gasteiger partial charge in [0.05, 0.1) is 5.25 Å². The Hall–Kier alpha value is -0.130. The summed E-state index contributed by atoms with van der Waals surface area (Å²) in [5.41, 5.74) is 0. The number of unbranched alkanes of at least 4 members (excludes halogenated alkanes) is 9. The number of aliphatic hydroxyl groups is 1. The first-order valence-electron chi connectivity index (χ1n) is 8.09. The highest BCUT2D eigenvalue weighted by Gasteiger charge is 2.19. The highest BCUT2D eigenvalue weighted by atomic mass is 32.2. The molecule has 0 aliphatic heterocycles. The van der Waals surface area contributed by atoms with Crippen molar-refractivity contribution in [1.29, 1.82) is 0 Å². The van der Waals surface area contributed by atoms with Gasteiger partial charge in [-0.3, -0.25) is 4.55 Å². The lowest BCUT2D eigenvalue weighted by Gasteiger charge is -2.10. The van der Waals surface area contributed by atoms with Gasteiger partial charge < -0.3 is 5.11 Å². The van der Waals surface area contributed by atoms with E-state index in [4.69, 9.17) is 9.66 Å². The molecule has 122 valence electrons. The van der Waals surface area contributed by atoms with E-state index < -0.39 is 15.4 Å². The first-order chi connectivity index (χ1) is 9.52. The third-order valence-electron chi connectivity index (χ3n) is 3.81. The highest BCUT2D eigenvalue weighted by molar-refractivity contribution is 7.86. The molecule has 1 atom stereocenters. The second kappa shape index (κ2) is 12.6. The molecule has 0 saturated carbocycles. The summed E-state index contributed by atoms with van der Waals surface area (Å²) in [6.45, 7) is 2.11. The molecule has 1 unspecified atom stereocenters. The molecule has 4 nitrogen and oxygen atoms in total. The first kappa shape index (κ1) is 19.9. The Labute approximate surface area is 124 Å². The second-order valence-corrected chi connectivity index (χ2v) is 7.29. The summed E-state index contributed by atoms with van der Waals surface area (Å²) >= 11 is 0. The molecule has 0 spiro atoms. The molecule has 0 fully saturated rings. The van der Waals surface area contributed by atoms with Crippen molar-refractivity contribution < 1.29 is 18.1 Å². The van der Waals surface area contributed by atoms with Crippen molar-refractivity contribution in [2.45, 2.75) is 89.2 Å². The van der Waals surface area contributed by atoms with Gasteiger partial charge in [-0.1, -0.05) is 64.7 Å². The normalized spacial score (nSPS) is 13.6. The summed E-state index contributed by atoms with van der Waals surface area (Å²) in [6, 6.07) is 0. The average Bonchev–Trinajstić information content (AvgIpc) is 2.38. The van der Waals surface area contributed by atoms with E-state index in [0.29, 0.717) is 19.4 Å². The molecule has 0 radical (unpaired) electrons. The van der Waals surface area contributed by atoms with Crippen LogP contribution < -0.4 is 0 Å². The van der Waals surface area contributed by atoms with Crippen molar-refractivity contribution in [2.75, 3.05) is 6.61 Å². The highest BCUT2D eigenvalue weighted by Crippen LogP contribution is 2.15. The van der Waals surface area contributed by atoms with Crippen molar-refractivity contribution >= 4 is 10.1 Å². The van der Waals surface area contributed by atoms with Gasteiger partial charge in [-0.15, -0.1) is 0 Å². The van der Waals surface area contributed by atoms with Gasteiger partial charge in [-0.25, -0.2) is 0 Å². The standard InChI is InChI=1S/C15H32O4S/c1-2-15(20(17,18)19)13-11-9-7-5-3-4-6-8-10-12-14-16/h15-16H,2-14H2,1H3,(H,17,18,19). The van der Waals surface area contributed by atoms with Gasteiger partial charge in [0.1, 0.15) is 0 Å². The lowest BCUT2D eigenvalue weighted by molar-refractivity contribution is 0.282. The number of hydrogen-bond acceptors (Lipinski definition) is 3. The molecule has 0 rings (SSSR count). The van der Waals surface area contributed by atoms with Crippen molar-refractivity contribution in [1.82, 2.24) is 0 Å². The molecule has 0 aromatic heterocycles. The lowest BCUT2D eigenvalue weighted by atomic mass is 10.0. The third-order valence-corrected chi connectivity index (χ3v) is 5.22. The van der Waals surface area contributed by atoms with Crippen LogP contribution in [0.1, 0.15) is 84.0 Å². The number of aliphatic hydroxyl groups excluding tert-OH is 1. The van der Waals surface area contributed by atoms with Gasteiger partial charge in [-0.2, -0.15) is 8.42 Å². The Morgan fingerprint density at radius 3 is 1.55 bits per heavy atom. The summed E-state index contributed by atoms with van der Waals surface area (Å²) in [5, 5.41) is 8.07. The molecule has 0 aliphatic carbocycles. The van der Waals surface area contributed by atoms with Crippen molar-refractivity contribution in [3.05, 3.63) is 0 Å². The van der Waals surface area contributed by atoms with Gasteiger partial charge >= 0.3 is 0 Å². The van der Waals surface area contributed by atoms with Crippen molar-refractivity contribution in [3.8, 4) is 0 Å². The Morgan fingerprint density at radius 1 is 0.800 bits per heavy atom. The maximum absolute atomic E-state index is 11.0. The quantitative estimate of drug-likeness (QED) is 0.376. The van der Waals surface area contributed by atoms with E-state index in [0.717, 1.165) is 32.1 Å². The van der Waals surface area contributed by atoms with Crippen molar-refractivity contribution in [2.24, 2.45) is 0 Å². The molecular weight excluding hydrogens is 276 g/mol. The Kier molecular flexibility index (Phi) is 12.5. The minimum absolute atomic E-state index is 0.308. The fourth-order valence-corrected chi connectivity index (χ4v) is 3.35. The molecule has 0 amide bonds. The van der Waals surface area contributed by atoms with Gasteiger partial charge in [0, 0.05) is 6.61 Å². The Balaban J connectivity index is 3.32. The van der Waals surface area contributed by atoms with E-state index >= 15 is 0 Å². The Bertz CT molecular complexity index is 301. The molecular formula is C15H32O4S. The van der Waals surface area contributed by atoms with Crippen LogP contribution in [0.4, 0.5) is 0 Å². The maximum Gasteiger partial charge on any atom is 0.267 e. The molecule has 0 aromatic carbocycles. The maximum atomic E-state index is 11.0. The van der Waals surface area contributed by atoms with E-state index in [9.17, 15) is 8.42 Å². The van der Waals surface area contributed by atoms with Gasteiger partial charge in [0.15, 0.2) is 0 Å². The summed E-state index contributed by atoms with van der Waals surface area (Å²) in [6.07, 6.45) is 12.4. The number of hydrogen-bond donors (Lipinski definition) is 2. The molecule has 0 aliphatic rings. The lowest BCUT2D eigenvalue weighted by Crippen LogP contribution is -2.19. The topological polar surface area (TPSA) is 74.6 Å². The van der Waals surface area contributed by atoms with Gasteiger partial charge in [0.25, 0.3) is 10.1 Å². The summed E-state index contributed by atoms with van der Waals surface area (Å²) in [7, 11) is -3.85. The molecule has 0 aromatic rings. The SMILES string of the molecule is CCC(CCCCCCCCCCCCO)S(=O)(=O)O. The molecule has 5 heteroatoms. The van der Waals surface area contributed by atoms with E-state index in [1.807, 2.05) is 0 Å². The van der Waals surface area contributed by atoms with Crippen molar-refractivity contribution in [3.63, 3.8) is 0 Å². The van der Waals surface area contributed by atoms with E-state index in [1.54, 1.807) is 6.92 Å². The van der Waals surface area contributed by atoms with Crippen LogP contribution in [-0.4, -0.2) is 29.9 Å². The van der Waals surface area contributed by atoms with Crippen LogP contribution >= 0.6 is 0 Å². The zero-order valence-corrected chi connectivity index (χ0v) is 13.7. The smallest absolute Gasteiger partial charge is 0.267 e. The molecule has 20 heavy (non-hydrogen) atoms. The van der Waals surface area contributed by atoms with Gasteiger partial charge in [0.2, 0.25) is 0 Å². The average molecular weight is 308 g/mol. The fraction of sp³-hybridized carbons (Fsp3) is 1.00. The van der Waals surface area contributed by atoms with E-state index in [1.165, 1.54) is 32.1 Å². The summed E-state index contributed by atoms with van der Waals surface area (Å²) in [4.78, 5) is 0. The third kappa shape index (κ3) is 11.7. The van der Waals surface area contributed by atoms with Crippen LogP contribution in [0.5, 0.6) is 0 Å². The molecule has 0 bridgehead atoms. The first-order valence-corrected chi connectivity index (χ1v) is 9.59. The fourth-order valence-electron chi connectivity index (χ4n) is 2.46. The number of rotatable bonds is 14. The van der Waals surface area contributed by atoms with Crippen LogP contribution in [0.2, 0.25) is 0 Å². The predicted molar refractivity (Wildman–Crippen MR) is 83.5 cm³/mol. The van der Waals surface area contributed by atoms with Crippen LogP contribution in [0.3, 0.4) is 0 Å². The van der Waals surface area contributed by atoms with Crippen LogP contribution in [0.25, 0.3) is 0 Å². The minimum Gasteiger partial charge on any atom is -0.396 e. The zero-order chi connectivity index (χ0) is 15.3. The minimum atomic E-state index is -3.85. The monoisotopic (exact) mass is 308 g/mol. The summed E-state index contributed by atoms with van der Waals surface area (Å²) in [5.74, 6) is 0. The van der Waals surface area contributed by atoms with Crippen LogP contribution in [0, 0.1) is 0 Å². The van der Waals surface area contributed by atoms with E-state index in [2.05, 4.69) is 0 Å². The molecule has 0 heterocycles. The largest absolute Gasteiger partial charge is 0.396 e. The molecule has 0 saturated heterocycles. The van der Waals surface area contributed by atoms with Gasteiger partial charge in [-0.05, 0) is 19.3 Å². The predicted octanol–water partition coefficient (Wildman–Crippen LogP) is 3.94. The van der Waals surface area contributed by atoms with Crippen LogP contribution in [0.15, 0.2) is 0 Å². The summed E-state index contributed by atoms with van der Waals surface area (Å²) < 4.78 is 31.0.